The van der Waals surface area contributed by atoms with Gasteiger partial charge in [0.1, 0.15) is 18.5 Å². The van der Waals surface area contributed by atoms with Gasteiger partial charge in [0.05, 0.1) is 5.56 Å². The summed E-state index contributed by atoms with van der Waals surface area (Å²) in [6.45, 7) is 0.780. The van der Waals surface area contributed by atoms with Crippen molar-refractivity contribution in [2.24, 2.45) is 0 Å². The number of fused-ring (bicyclic) bond motifs is 1. The van der Waals surface area contributed by atoms with E-state index in [0.717, 1.165) is 29.9 Å². The average molecular weight is 363 g/mol. The number of hydrogen-bond donors (Lipinski definition) is 0. The first-order valence-corrected chi connectivity index (χ1v) is 8.78. The summed E-state index contributed by atoms with van der Waals surface area (Å²) in [4.78, 5) is 19.3. The zero-order chi connectivity index (χ0) is 18.2. The third-order valence-corrected chi connectivity index (χ3v) is 4.72. The molecule has 0 bridgehead atoms. The van der Waals surface area contributed by atoms with E-state index in [2.05, 4.69) is 15.2 Å². The normalized spacial score (nSPS) is 15.0. The van der Waals surface area contributed by atoms with E-state index in [9.17, 15) is 4.79 Å². The molecule has 1 fully saturated rings. The molecule has 8 heteroatoms. The van der Waals surface area contributed by atoms with Gasteiger partial charge >= 0.3 is 0 Å². The highest BCUT2D eigenvalue weighted by atomic mass is 16.7. The van der Waals surface area contributed by atoms with Crippen LogP contribution in [0.4, 0.5) is 0 Å². The minimum absolute atomic E-state index is 0.0158. The zero-order valence-electron chi connectivity index (χ0n) is 14.5. The molecule has 3 aromatic rings. The number of carbonyl (C=O) groups is 1. The van der Waals surface area contributed by atoms with Gasteiger partial charge in [0.15, 0.2) is 11.5 Å². The smallest absolute Gasteiger partial charge is 0.255 e. The van der Waals surface area contributed by atoms with E-state index < -0.39 is 0 Å². The second-order valence-electron chi connectivity index (χ2n) is 6.63. The van der Waals surface area contributed by atoms with Gasteiger partial charge in [0.2, 0.25) is 6.79 Å². The predicted molar refractivity (Wildman–Crippen MR) is 94.6 cm³/mol. The molecule has 0 atom stereocenters. The third kappa shape index (κ3) is 3.10. The molecule has 0 N–H and O–H groups in total. The molecule has 1 aliphatic heterocycles. The second-order valence-corrected chi connectivity index (χ2v) is 6.63. The predicted octanol–water partition coefficient (Wildman–Crippen LogP) is 2.20. The van der Waals surface area contributed by atoms with Crippen LogP contribution in [0.25, 0.3) is 5.82 Å². The Labute approximate surface area is 155 Å². The largest absolute Gasteiger partial charge is 0.454 e. The number of carbonyl (C=O) groups excluding carboxylic acids is 1. The second kappa shape index (κ2) is 6.39. The minimum Gasteiger partial charge on any atom is -0.454 e. The summed E-state index contributed by atoms with van der Waals surface area (Å²) >= 11 is 0. The lowest BCUT2D eigenvalue weighted by molar-refractivity contribution is 0.0729. The molecule has 1 saturated carbocycles. The molecular formula is C19H17N5O3. The Morgan fingerprint density at radius 1 is 1.11 bits per heavy atom. The quantitative estimate of drug-likeness (QED) is 0.691. The third-order valence-electron chi connectivity index (χ3n) is 4.72. The van der Waals surface area contributed by atoms with Crippen molar-refractivity contribution in [3.05, 3.63) is 60.3 Å². The van der Waals surface area contributed by atoms with Crippen LogP contribution in [-0.2, 0) is 6.54 Å². The van der Waals surface area contributed by atoms with Crippen LogP contribution in [-0.4, -0.2) is 43.4 Å². The van der Waals surface area contributed by atoms with Crippen molar-refractivity contribution in [2.75, 3.05) is 6.79 Å². The number of ether oxygens (including phenoxy) is 2. The van der Waals surface area contributed by atoms with Gasteiger partial charge in [-0.05, 0) is 42.7 Å². The number of hydrogen-bond acceptors (Lipinski definition) is 6. The zero-order valence-corrected chi connectivity index (χ0v) is 14.5. The number of rotatable bonds is 5. The Kier molecular flexibility index (Phi) is 3.74. The van der Waals surface area contributed by atoms with E-state index in [1.165, 1.54) is 0 Å². The summed E-state index contributed by atoms with van der Waals surface area (Å²) in [5, 5.41) is 7.53. The fourth-order valence-corrected chi connectivity index (χ4v) is 3.14. The summed E-state index contributed by atoms with van der Waals surface area (Å²) in [5.74, 6) is 2.13. The van der Waals surface area contributed by atoms with Gasteiger partial charge in [-0.2, -0.15) is 0 Å². The average Bonchev–Trinajstić information content (AvgIpc) is 3.19. The maximum absolute atomic E-state index is 13.1. The molecule has 5 rings (SSSR count). The molecule has 1 amide bonds. The first-order valence-electron chi connectivity index (χ1n) is 8.78. The first kappa shape index (κ1) is 15.8. The van der Waals surface area contributed by atoms with E-state index in [1.807, 2.05) is 23.1 Å². The SMILES string of the molecule is O=C(c1ccc(-n2cnnc2)nc1)N(Cc1ccc2c(c1)OCO2)C1CC1. The van der Waals surface area contributed by atoms with E-state index in [0.29, 0.717) is 17.9 Å². The van der Waals surface area contributed by atoms with Crippen LogP contribution in [0.2, 0.25) is 0 Å². The van der Waals surface area contributed by atoms with Gasteiger partial charge in [0.25, 0.3) is 5.91 Å². The molecule has 27 heavy (non-hydrogen) atoms. The lowest BCUT2D eigenvalue weighted by Gasteiger charge is -2.23. The lowest BCUT2D eigenvalue weighted by atomic mass is 10.1. The summed E-state index contributed by atoms with van der Waals surface area (Å²) in [5.41, 5.74) is 1.59. The standard InChI is InChI=1S/C19H17N5O3/c25-19(14-2-6-18(20-8-14)23-10-21-22-11-23)24(15-3-4-15)9-13-1-5-16-17(7-13)27-12-26-16/h1-2,5-8,10-11,15H,3-4,9,12H2. The highest BCUT2D eigenvalue weighted by Crippen LogP contribution is 2.35. The Morgan fingerprint density at radius 2 is 1.93 bits per heavy atom. The van der Waals surface area contributed by atoms with Gasteiger partial charge in [-0.15, -0.1) is 10.2 Å². The number of aromatic nitrogens is 4. The number of amides is 1. The Balaban J connectivity index is 1.36. The summed E-state index contributed by atoms with van der Waals surface area (Å²) < 4.78 is 12.5. The molecule has 2 aromatic heterocycles. The maximum Gasteiger partial charge on any atom is 0.255 e. The van der Waals surface area contributed by atoms with Crippen LogP contribution in [0.5, 0.6) is 11.5 Å². The van der Waals surface area contributed by atoms with Gasteiger partial charge < -0.3 is 14.4 Å². The molecular weight excluding hydrogens is 346 g/mol. The Morgan fingerprint density at radius 3 is 2.67 bits per heavy atom. The van der Waals surface area contributed by atoms with Crippen LogP contribution in [0.3, 0.4) is 0 Å². The van der Waals surface area contributed by atoms with Crippen molar-refractivity contribution in [1.29, 1.82) is 0 Å². The molecule has 0 radical (unpaired) electrons. The minimum atomic E-state index is -0.0158. The van der Waals surface area contributed by atoms with Gasteiger partial charge in [0, 0.05) is 18.8 Å². The van der Waals surface area contributed by atoms with Gasteiger partial charge in [-0.3, -0.25) is 9.36 Å². The van der Waals surface area contributed by atoms with E-state index in [4.69, 9.17) is 9.47 Å². The summed E-state index contributed by atoms with van der Waals surface area (Å²) in [7, 11) is 0. The molecule has 0 spiro atoms. The maximum atomic E-state index is 13.1. The molecule has 1 aromatic carbocycles. The number of pyridine rings is 1. The molecule has 8 nitrogen and oxygen atoms in total. The molecule has 0 saturated heterocycles. The van der Waals surface area contributed by atoms with Crippen LogP contribution >= 0.6 is 0 Å². The van der Waals surface area contributed by atoms with Crippen molar-refractivity contribution >= 4 is 5.91 Å². The van der Waals surface area contributed by atoms with Crippen LogP contribution < -0.4 is 9.47 Å². The van der Waals surface area contributed by atoms with Crippen molar-refractivity contribution in [1.82, 2.24) is 24.6 Å². The molecule has 1 aliphatic carbocycles. The van der Waals surface area contributed by atoms with Gasteiger partial charge in [-0.25, -0.2) is 4.98 Å². The highest BCUT2D eigenvalue weighted by Gasteiger charge is 2.33. The number of nitrogens with zero attached hydrogens (tertiary/aromatic N) is 5. The van der Waals surface area contributed by atoms with Crippen molar-refractivity contribution < 1.29 is 14.3 Å². The molecule has 0 unspecified atom stereocenters. The monoisotopic (exact) mass is 363 g/mol. The summed E-state index contributed by atoms with van der Waals surface area (Å²) in [6, 6.07) is 9.67. The van der Waals surface area contributed by atoms with E-state index >= 15 is 0 Å². The lowest BCUT2D eigenvalue weighted by Crippen LogP contribution is -2.32. The van der Waals surface area contributed by atoms with Crippen LogP contribution in [0.15, 0.2) is 49.2 Å². The van der Waals surface area contributed by atoms with Crippen LogP contribution in [0, 0.1) is 0 Å². The molecule has 3 heterocycles. The van der Waals surface area contributed by atoms with Gasteiger partial charge in [-0.1, -0.05) is 6.07 Å². The van der Waals surface area contributed by atoms with Crippen molar-refractivity contribution in [2.45, 2.75) is 25.4 Å². The molecule has 2 aliphatic rings. The Hall–Kier alpha value is -3.42. The topological polar surface area (TPSA) is 82.4 Å². The van der Waals surface area contributed by atoms with Crippen molar-refractivity contribution in [3.63, 3.8) is 0 Å². The number of benzene rings is 1. The first-order chi connectivity index (χ1) is 13.3. The van der Waals surface area contributed by atoms with E-state index in [-0.39, 0.29) is 18.7 Å². The summed E-state index contributed by atoms with van der Waals surface area (Å²) in [6.07, 6.45) is 6.80. The fourth-order valence-electron chi connectivity index (χ4n) is 3.14. The fraction of sp³-hybridized carbons (Fsp3) is 0.263. The van der Waals surface area contributed by atoms with Crippen molar-refractivity contribution in [3.8, 4) is 17.3 Å². The van der Waals surface area contributed by atoms with Crippen LogP contribution in [0.1, 0.15) is 28.8 Å². The Bertz CT molecular complexity index is 968. The highest BCUT2D eigenvalue weighted by molar-refractivity contribution is 5.94. The molecule has 136 valence electrons. The van der Waals surface area contributed by atoms with E-state index in [1.54, 1.807) is 35.6 Å².